The van der Waals surface area contributed by atoms with E-state index >= 15 is 0 Å². The molecule has 2 rings (SSSR count). The molecule has 5 nitrogen and oxygen atoms in total. The number of halogens is 1. The number of carbonyl (C=O) groups is 2. The molecule has 0 aromatic heterocycles. The van der Waals surface area contributed by atoms with Gasteiger partial charge in [0.2, 0.25) is 0 Å². The largest absolute Gasteiger partial charge is 0.507 e. The average molecular weight is 375 g/mol. The van der Waals surface area contributed by atoms with Gasteiger partial charge in [-0.15, -0.1) is 0 Å². The van der Waals surface area contributed by atoms with E-state index in [1.807, 2.05) is 0 Å². The van der Waals surface area contributed by atoms with Crippen LogP contribution < -0.4 is 5.32 Å². The van der Waals surface area contributed by atoms with Crippen molar-refractivity contribution in [3.8, 4) is 5.75 Å². The fourth-order valence-corrected chi connectivity index (χ4v) is 2.78. The van der Waals surface area contributed by atoms with Crippen molar-refractivity contribution in [3.05, 3.63) is 27.3 Å². The molecule has 0 aliphatic heterocycles. The predicted molar refractivity (Wildman–Crippen MR) is 77.1 cm³/mol. The van der Waals surface area contributed by atoms with Gasteiger partial charge in [0.25, 0.3) is 5.91 Å². The number of carboxylic acids is 1. The van der Waals surface area contributed by atoms with Gasteiger partial charge in [0.05, 0.1) is 11.5 Å². The summed E-state index contributed by atoms with van der Waals surface area (Å²) in [7, 11) is 0. The van der Waals surface area contributed by atoms with E-state index in [1.54, 1.807) is 12.1 Å². The van der Waals surface area contributed by atoms with Crippen molar-refractivity contribution in [2.24, 2.45) is 5.92 Å². The number of carbonyl (C=O) groups excluding carboxylic acids is 1. The number of hydrogen-bond donors (Lipinski definition) is 3. The Morgan fingerprint density at radius 2 is 2.05 bits per heavy atom. The van der Waals surface area contributed by atoms with Gasteiger partial charge in [-0.3, -0.25) is 9.59 Å². The summed E-state index contributed by atoms with van der Waals surface area (Å²) >= 11 is 2.06. The molecule has 1 aliphatic carbocycles. The topological polar surface area (TPSA) is 86.6 Å². The van der Waals surface area contributed by atoms with Crippen LogP contribution in [-0.2, 0) is 4.79 Å². The molecule has 0 heterocycles. The Morgan fingerprint density at radius 1 is 1.32 bits per heavy atom. The molecular weight excluding hydrogens is 361 g/mol. The number of carboxylic acid groups (broad SMARTS) is 1. The van der Waals surface area contributed by atoms with E-state index in [2.05, 4.69) is 27.9 Å². The molecule has 2 atom stereocenters. The average Bonchev–Trinajstić information content (AvgIpc) is 2.80. The summed E-state index contributed by atoms with van der Waals surface area (Å²) in [6, 6.07) is 4.66. The molecule has 0 spiro atoms. The second kappa shape index (κ2) is 5.77. The van der Waals surface area contributed by atoms with Crippen LogP contribution in [-0.4, -0.2) is 28.1 Å². The maximum atomic E-state index is 12.0. The van der Waals surface area contributed by atoms with Gasteiger partial charge < -0.3 is 15.5 Å². The Hall–Kier alpha value is -1.31. The minimum Gasteiger partial charge on any atom is -0.507 e. The van der Waals surface area contributed by atoms with Crippen molar-refractivity contribution in [1.29, 1.82) is 0 Å². The van der Waals surface area contributed by atoms with Crippen LogP contribution in [0.2, 0.25) is 0 Å². The smallest absolute Gasteiger partial charge is 0.306 e. The SMILES string of the molecule is O=C(N[C@H]1CC[C@@H](C(=O)O)C1)c1cc(I)ccc1O. The van der Waals surface area contributed by atoms with Gasteiger partial charge in [-0.05, 0) is 60.1 Å². The van der Waals surface area contributed by atoms with E-state index in [0.717, 1.165) is 3.57 Å². The van der Waals surface area contributed by atoms with Crippen molar-refractivity contribution in [3.63, 3.8) is 0 Å². The van der Waals surface area contributed by atoms with E-state index in [9.17, 15) is 14.7 Å². The van der Waals surface area contributed by atoms with E-state index < -0.39 is 5.97 Å². The van der Waals surface area contributed by atoms with Crippen LogP contribution in [0.4, 0.5) is 0 Å². The Balaban J connectivity index is 2.02. The molecular formula is C13H14INO4. The summed E-state index contributed by atoms with van der Waals surface area (Å²) < 4.78 is 0.857. The molecule has 1 amide bonds. The highest BCUT2D eigenvalue weighted by molar-refractivity contribution is 14.1. The van der Waals surface area contributed by atoms with Gasteiger partial charge in [0.15, 0.2) is 0 Å². The number of phenolic OH excluding ortho intramolecular Hbond substituents is 1. The summed E-state index contributed by atoms with van der Waals surface area (Å²) in [5.74, 6) is -1.61. The first kappa shape index (κ1) is 14.1. The number of phenols is 1. The highest BCUT2D eigenvalue weighted by Gasteiger charge is 2.31. The van der Waals surface area contributed by atoms with E-state index in [1.165, 1.54) is 6.07 Å². The summed E-state index contributed by atoms with van der Waals surface area (Å²) in [6.07, 6.45) is 1.69. The Morgan fingerprint density at radius 3 is 2.68 bits per heavy atom. The monoisotopic (exact) mass is 375 g/mol. The maximum Gasteiger partial charge on any atom is 0.306 e. The molecule has 6 heteroatoms. The minimum absolute atomic E-state index is 0.0642. The normalized spacial score (nSPS) is 22.2. The second-order valence-electron chi connectivity index (χ2n) is 4.68. The van der Waals surface area contributed by atoms with Crippen LogP contribution in [0.3, 0.4) is 0 Å². The van der Waals surface area contributed by atoms with Crippen LogP contribution in [0.25, 0.3) is 0 Å². The molecule has 0 saturated heterocycles. The highest BCUT2D eigenvalue weighted by atomic mass is 127. The molecule has 3 N–H and O–H groups in total. The maximum absolute atomic E-state index is 12.0. The second-order valence-corrected chi connectivity index (χ2v) is 5.93. The first-order valence-corrected chi connectivity index (χ1v) is 7.07. The zero-order chi connectivity index (χ0) is 14.0. The summed E-state index contributed by atoms with van der Waals surface area (Å²) in [4.78, 5) is 22.9. The fourth-order valence-electron chi connectivity index (χ4n) is 2.29. The van der Waals surface area contributed by atoms with Gasteiger partial charge >= 0.3 is 5.97 Å². The highest BCUT2D eigenvalue weighted by Crippen LogP contribution is 2.27. The molecule has 1 aliphatic rings. The van der Waals surface area contributed by atoms with Crippen LogP contribution in [0.5, 0.6) is 5.75 Å². The van der Waals surface area contributed by atoms with E-state index in [-0.39, 0.29) is 29.2 Å². The lowest BCUT2D eigenvalue weighted by atomic mass is 10.1. The molecule has 0 unspecified atom stereocenters. The molecule has 1 fully saturated rings. The van der Waals surface area contributed by atoms with Crippen molar-refractivity contribution < 1.29 is 19.8 Å². The van der Waals surface area contributed by atoms with Crippen LogP contribution in [0, 0.1) is 9.49 Å². The number of nitrogens with one attached hydrogen (secondary N) is 1. The van der Waals surface area contributed by atoms with Gasteiger partial charge in [0.1, 0.15) is 5.75 Å². The number of aromatic hydroxyl groups is 1. The quantitative estimate of drug-likeness (QED) is 0.706. The van der Waals surface area contributed by atoms with Gasteiger partial charge in [0, 0.05) is 9.61 Å². The Bertz CT molecular complexity index is 517. The summed E-state index contributed by atoms with van der Waals surface area (Å²) in [6.45, 7) is 0. The molecule has 1 aromatic carbocycles. The predicted octanol–water partition coefficient (Wildman–Crippen LogP) is 1.98. The third-order valence-electron chi connectivity index (χ3n) is 3.32. The van der Waals surface area contributed by atoms with Gasteiger partial charge in [-0.2, -0.15) is 0 Å². The van der Waals surface area contributed by atoms with Crippen LogP contribution in [0.1, 0.15) is 29.6 Å². The lowest BCUT2D eigenvalue weighted by Gasteiger charge is -2.13. The standard InChI is InChI=1S/C13H14INO4/c14-8-2-4-11(16)10(6-8)12(17)15-9-3-1-7(5-9)13(18)19/h2,4,6-7,9,16H,1,3,5H2,(H,15,17)(H,18,19)/t7-,9+/m1/s1. The lowest BCUT2D eigenvalue weighted by molar-refractivity contribution is -0.141. The van der Waals surface area contributed by atoms with E-state index in [4.69, 9.17) is 5.11 Å². The third kappa shape index (κ3) is 3.37. The first-order valence-electron chi connectivity index (χ1n) is 5.99. The number of benzene rings is 1. The summed E-state index contributed by atoms with van der Waals surface area (Å²) in [5.41, 5.74) is 0.227. The van der Waals surface area contributed by atoms with Crippen LogP contribution in [0.15, 0.2) is 18.2 Å². The van der Waals surface area contributed by atoms with Gasteiger partial charge in [-0.1, -0.05) is 0 Å². The first-order chi connectivity index (χ1) is 8.97. The third-order valence-corrected chi connectivity index (χ3v) is 3.99. The minimum atomic E-state index is -0.811. The van der Waals surface area contributed by atoms with E-state index in [0.29, 0.717) is 19.3 Å². The van der Waals surface area contributed by atoms with Crippen molar-refractivity contribution in [2.45, 2.75) is 25.3 Å². The Labute approximate surface area is 124 Å². The summed E-state index contributed by atoms with van der Waals surface area (Å²) in [5, 5.41) is 21.4. The zero-order valence-corrected chi connectivity index (χ0v) is 12.3. The molecule has 1 saturated carbocycles. The zero-order valence-electron chi connectivity index (χ0n) is 10.1. The molecule has 1 aromatic rings. The Kier molecular flexibility index (Phi) is 4.28. The van der Waals surface area contributed by atoms with Crippen molar-refractivity contribution in [2.75, 3.05) is 0 Å². The molecule has 102 valence electrons. The molecule has 19 heavy (non-hydrogen) atoms. The number of rotatable bonds is 3. The lowest BCUT2D eigenvalue weighted by Crippen LogP contribution is -2.33. The van der Waals surface area contributed by atoms with Crippen molar-refractivity contribution >= 4 is 34.5 Å². The number of aliphatic carboxylic acids is 1. The number of amides is 1. The molecule has 0 radical (unpaired) electrons. The molecule has 0 bridgehead atoms. The van der Waals surface area contributed by atoms with Crippen LogP contribution >= 0.6 is 22.6 Å². The fraction of sp³-hybridized carbons (Fsp3) is 0.385. The number of hydrogen-bond acceptors (Lipinski definition) is 3. The van der Waals surface area contributed by atoms with Crippen molar-refractivity contribution in [1.82, 2.24) is 5.32 Å². The van der Waals surface area contributed by atoms with Gasteiger partial charge in [-0.25, -0.2) is 0 Å².